The van der Waals surface area contributed by atoms with Crippen LogP contribution in [0.25, 0.3) is 0 Å². The third kappa shape index (κ3) is 10.1. The molecule has 0 saturated carbocycles. The van der Waals surface area contributed by atoms with E-state index in [1.165, 1.54) is 0 Å². The molecule has 0 N–H and O–H groups in total. The fourth-order valence-corrected chi connectivity index (χ4v) is 8.54. The lowest BCUT2D eigenvalue weighted by atomic mass is 10.2. The van der Waals surface area contributed by atoms with Gasteiger partial charge >= 0.3 is 0 Å². The molecule has 9 nitrogen and oxygen atoms in total. The summed E-state index contributed by atoms with van der Waals surface area (Å²) >= 11 is 0. The molecular weight excluding hydrogens is 543 g/mol. The fraction of sp³-hybridized carbons (Fsp3) is 0.538. The van der Waals surface area contributed by atoms with Gasteiger partial charge < -0.3 is 18.5 Å². The van der Waals surface area contributed by atoms with E-state index in [9.17, 15) is 0 Å². The zero-order valence-electron chi connectivity index (χ0n) is 23.0. The summed E-state index contributed by atoms with van der Waals surface area (Å²) in [5, 5.41) is 0. The van der Waals surface area contributed by atoms with Gasteiger partial charge in [-0.2, -0.15) is 4.51 Å². The summed E-state index contributed by atoms with van der Waals surface area (Å²) in [4.78, 5) is 12.3. The van der Waals surface area contributed by atoms with Gasteiger partial charge in [-0.1, -0.05) is 45.0 Å². The Balaban J connectivity index is 1.79. The number of hydrogen-bond donors (Lipinski definition) is 0. The minimum absolute atomic E-state index is 0.342. The summed E-state index contributed by atoms with van der Waals surface area (Å²) in [6.45, 7) is 12.4. The summed E-state index contributed by atoms with van der Waals surface area (Å²) in [5.74, 6) is 1.50. The normalized spacial score (nSPS) is 12.4. The van der Waals surface area contributed by atoms with Gasteiger partial charge in [0.2, 0.25) is 22.4 Å². The average molecular weight is 584 g/mol. The Bertz CT molecular complexity index is 1090. The Morgan fingerprint density at radius 2 is 1.39 bits per heavy atom. The number of rotatable bonds is 17. The minimum Gasteiger partial charge on any atom is -0.455 e. The van der Waals surface area contributed by atoms with Crippen LogP contribution in [0.5, 0.6) is 11.5 Å². The molecule has 38 heavy (non-hydrogen) atoms. The number of hydrogen-bond acceptors (Lipinski definition) is 7. The molecule has 2 unspecified atom stereocenters. The maximum absolute atomic E-state index is 6.23. The van der Waals surface area contributed by atoms with E-state index in [1.807, 2.05) is 62.4 Å². The fourth-order valence-electron chi connectivity index (χ4n) is 3.19. The molecule has 0 aliphatic rings. The summed E-state index contributed by atoms with van der Waals surface area (Å²) < 4.78 is 32.9. The van der Waals surface area contributed by atoms with Crippen LogP contribution < -0.4 is 28.2 Å². The molecule has 0 amide bonds. The van der Waals surface area contributed by atoms with Crippen LogP contribution in [-0.2, 0) is 0 Å². The second-order valence-electron chi connectivity index (χ2n) is 8.61. The Morgan fingerprint density at radius 1 is 0.789 bits per heavy atom. The Hall–Kier alpha value is -1.82. The van der Waals surface area contributed by atoms with E-state index in [4.69, 9.17) is 28.2 Å². The van der Waals surface area contributed by atoms with E-state index in [1.54, 1.807) is 8.51 Å². The molecule has 0 saturated heterocycles. The van der Waals surface area contributed by atoms with Crippen molar-refractivity contribution >= 4 is 24.7 Å². The molecule has 2 aromatic carbocycles. The largest absolute Gasteiger partial charge is 0.455 e. The van der Waals surface area contributed by atoms with E-state index >= 15 is 0 Å². The van der Waals surface area contributed by atoms with Crippen LogP contribution in [0.15, 0.2) is 48.5 Å². The third-order valence-electron chi connectivity index (χ3n) is 4.94. The average Bonchev–Trinajstić information content (AvgIpc) is 2.90. The molecule has 0 spiro atoms. The van der Waals surface area contributed by atoms with Crippen molar-refractivity contribution in [3.63, 3.8) is 0 Å². The molecule has 210 valence electrons. The highest BCUT2D eigenvalue weighted by Crippen LogP contribution is 2.36. The van der Waals surface area contributed by atoms with Gasteiger partial charge in [0.1, 0.15) is 11.5 Å². The van der Waals surface area contributed by atoms with Gasteiger partial charge in [0.25, 0.3) is 0 Å². The first-order valence-corrected chi connectivity index (χ1v) is 16.3. The topological polar surface area (TPSA) is 78.1 Å². The maximum Gasteiger partial charge on any atom is 0.243 e. The molecule has 0 fully saturated rings. The van der Waals surface area contributed by atoms with Gasteiger partial charge in [0.05, 0.1) is 26.4 Å². The van der Waals surface area contributed by atoms with Crippen molar-refractivity contribution in [2.24, 2.45) is 0 Å². The predicted octanol–water partition coefficient (Wildman–Crippen LogP) is 6.80. The minimum atomic E-state index is -1.37. The monoisotopic (exact) mass is 583 g/mol. The van der Waals surface area contributed by atoms with Crippen molar-refractivity contribution in [2.45, 2.75) is 66.6 Å². The lowest BCUT2D eigenvalue weighted by Gasteiger charge is -2.22. The molecule has 0 aliphatic heterocycles. The molecule has 0 aliphatic carbocycles. The van der Waals surface area contributed by atoms with Crippen LogP contribution in [0.2, 0.25) is 0 Å². The molecule has 3 rings (SSSR count). The van der Waals surface area contributed by atoms with Crippen molar-refractivity contribution in [1.29, 1.82) is 0 Å². The van der Waals surface area contributed by atoms with Gasteiger partial charge in [0.15, 0.2) is 8.51 Å². The van der Waals surface area contributed by atoms with E-state index < -0.39 is 22.4 Å². The smallest absolute Gasteiger partial charge is 0.243 e. The van der Waals surface area contributed by atoms with Gasteiger partial charge in [0, 0.05) is 6.42 Å². The molecule has 2 atom stereocenters. The molecule has 0 radical (unpaired) electrons. The van der Waals surface area contributed by atoms with Crippen LogP contribution >= 0.6 is 24.7 Å². The predicted molar refractivity (Wildman–Crippen MR) is 154 cm³/mol. The van der Waals surface area contributed by atoms with Crippen LogP contribution in [-0.4, -0.2) is 45.7 Å². The second-order valence-corrected chi connectivity index (χ2v) is 13.1. The highest BCUT2D eigenvalue weighted by molar-refractivity contribution is 7.55. The van der Waals surface area contributed by atoms with Crippen molar-refractivity contribution in [1.82, 2.24) is 13.0 Å². The first-order chi connectivity index (χ1) is 18.5. The third-order valence-corrected chi connectivity index (χ3v) is 9.81. The zero-order valence-corrected chi connectivity index (χ0v) is 25.7. The van der Waals surface area contributed by atoms with Crippen molar-refractivity contribution in [3.05, 3.63) is 59.7 Å². The van der Waals surface area contributed by atoms with Gasteiger partial charge in [-0.25, -0.2) is 0 Å². The molecule has 12 heteroatoms. The van der Waals surface area contributed by atoms with E-state index in [-0.39, 0.29) is 0 Å². The molecular formula is C26H40N3O6P3. The van der Waals surface area contributed by atoms with Crippen molar-refractivity contribution < 1.29 is 28.2 Å². The first-order valence-electron chi connectivity index (χ1n) is 13.1. The number of nitrogens with zero attached hydrogens (tertiary/aromatic N) is 3. The van der Waals surface area contributed by atoms with Gasteiger partial charge in [-0.3, -0.25) is 9.68 Å². The number of aromatic nitrogens is 3. The maximum atomic E-state index is 6.23. The van der Waals surface area contributed by atoms with Crippen LogP contribution in [0.3, 0.4) is 0 Å². The van der Waals surface area contributed by atoms with Crippen molar-refractivity contribution in [3.8, 4) is 11.5 Å². The lowest BCUT2D eigenvalue weighted by Crippen LogP contribution is -2.28. The molecule has 1 aromatic heterocycles. The Morgan fingerprint density at radius 3 is 1.97 bits per heavy atom. The second kappa shape index (κ2) is 17.0. The number of aryl methyl sites for hydroxylation is 2. The number of ether oxygens (including phenoxy) is 2. The quantitative estimate of drug-likeness (QED) is 0.162. The summed E-state index contributed by atoms with van der Waals surface area (Å²) in [7, 11) is -2.01. The highest BCUT2D eigenvalue weighted by Gasteiger charge is 2.18. The summed E-state index contributed by atoms with van der Waals surface area (Å²) in [5.41, 5.74) is 2.24. The lowest BCUT2D eigenvalue weighted by molar-refractivity contribution is -0.0199. The van der Waals surface area contributed by atoms with Crippen molar-refractivity contribution in [2.75, 3.05) is 26.4 Å². The first kappa shape index (κ1) is 30.7. The van der Waals surface area contributed by atoms with E-state index in [0.717, 1.165) is 41.9 Å². The number of benzene rings is 2. The van der Waals surface area contributed by atoms with Crippen LogP contribution in [0.4, 0.5) is 0 Å². The molecule has 1 heterocycles. The molecule has 0 bridgehead atoms. The summed E-state index contributed by atoms with van der Waals surface area (Å²) in [6.07, 6.45) is 2.60. The SMILES string of the molecule is CCCOn1p(OCCC)npn(OCCC(Oc2cccc(C)c2)Oc2cccc(C)c2)p1OCCC. The van der Waals surface area contributed by atoms with Gasteiger partial charge in [-0.15, -0.1) is 8.51 Å². The Kier molecular flexibility index (Phi) is 13.7. The Labute approximate surface area is 230 Å². The van der Waals surface area contributed by atoms with Crippen LogP contribution in [0.1, 0.15) is 57.6 Å². The zero-order chi connectivity index (χ0) is 27.2. The highest BCUT2D eigenvalue weighted by atomic mass is 31.2. The molecule has 3 aromatic rings. The summed E-state index contributed by atoms with van der Waals surface area (Å²) in [6, 6.07) is 15.9. The standard InChI is InChI=1S/C26H40N3O6P3/c1-6-16-31-29-37(32-17-7-2)27-36-28(38(29)33-18-8-3)30-19-15-26(34-24-13-9-11-22(4)20-24)35-25-14-10-12-23(5)21-25/h9-14,20-21,26H,6-8,15-19H2,1-5H3. The van der Waals surface area contributed by atoms with Crippen LogP contribution in [0, 0.1) is 13.8 Å². The van der Waals surface area contributed by atoms with E-state index in [2.05, 4.69) is 25.3 Å². The van der Waals surface area contributed by atoms with E-state index in [0.29, 0.717) is 41.4 Å². The van der Waals surface area contributed by atoms with Gasteiger partial charge in [-0.05, 0) is 68.5 Å².